The molecule has 0 bridgehead atoms. The third-order valence-corrected chi connectivity index (χ3v) is 3.20. The maximum Gasteiger partial charge on any atom is 0.160 e. The van der Waals surface area contributed by atoms with Crippen LogP contribution in [0.15, 0.2) is 60.7 Å². The number of hydrogen-bond donors (Lipinski definition) is 0. The van der Waals surface area contributed by atoms with Gasteiger partial charge in [0.2, 0.25) is 0 Å². The van der Waals surface area contributed by atoms with Crippen LogP contribution < -0.4 is 0 Å². The van der Waals surface area contributed by atoms with Crippen molar-refractivity contribution in [1.29, 1.82) is 0 Å². The summed E-state index contributed by atoms with van der Waals surface area (Å²) in [5, 5.41) is 0. The molecule has 0 aliphatic carbocycles. The van der Waals surface area contributed by atoms with Gasteiger partial charge >= 0.3 is 0 Å². The summed E-state index contributed by atoms with van der Waals surface area (Å²) in [6.07, 6.45) is 0. The molecule has 0 amide bonds. The Morgan fingerprint density at radius 2 is 1.45 bits per heavy atom. The number of rotatable bonds is 2. The van der Waals surface area contributed by atoms with Gasteiger partial charge in [0.05, 0.1) is 5.69 Å². The first-order valence-corrected chi connectivity index (χ1v) is 6.70. The average molecular weight is 260 g/mol. The van der Waals surface area contributed by atoms with Gasteiger partial charge < -0.3 is 0 Å². The summed E-state index contributed by atoms with van der Waals surface area (Å²) in [4.78, 5) is 9.26. The third kappa shape index (κ3) is 2.59. The molecule has 20 heavy (non-hydrogen) atoms. The molecule has 2 nitrogen and oxygen atoms in total. The fraction of sp³-hybridized carbons (Fsp3) is 0.111. The Labute approximate surface area is 119 Å². The van der Waals surface area contributed by atoms with Crippen molar-refractivity contribution in [2.24, 2.45) is 0 Å². The van der Waals surface area contributed by atoms with Crippen LogP contribution in [0.5, 0.6) is 0 Å². The minimum Gasteiger partial charge on any atom is -0.233 e. The van der Waals surface area contributed by atoms with Gasteiger partial charge in [0.25, 0.3) is 0 Å². The van der Waals surface area contributed by atoms with Gasteiger partial charge in [-0.05, 0) is 26.0 Å². The monoisotopic (exact) mass is 260 g/mol. The zero-order valence-corrected chi connectivity index (χ0v) is 11.7. The number of aromatic nitrogens is 2. The van der Waals surface area contributed by atoms with Crippen LogP contribution in [-0.4, -0.2) is 9.97 Å². The van der Waals surface area contributed by atoms with Crippen LogP contribution in [0.25, 0.3) is 22.6 Å². The lowest BCUT2D eigenvalue weighted by Crippen LogP contribution is -1.95. The van der Waals surface area contributed by atoms with Crippen molar-refractivity contribution >= 4 is 0 Å². The van der Waals surface area contributed by atoms with Crippen LogP contribution in [0.1, 0.15) is 11.3 Å². The molecule has 0 N–H and O–H groups in total. The Kier molecular flexibility index (Phi) is 3.30. The van der Waals surface area contributed by atoms with E-state index in [0.717, 1.165) is 28.3 Å². The third-order valence-electron chi connectivity index (χ3n) is 3.20. The molecular weight excluding hydrogens is 244 g/mol. The van der Waals surface area contributed by atoms with Crippen LogP contribution in [0.4, 0.5) is 0 Å². The molecule has 3 aromatic rings. The van der Waals surface area contributed by atoms with Gasteiger partial charge in [0, 0.05) is 16.8 Å². The number of nitrogens with zero attached hydrogens (tertiary/aromatic N) is 2. The van der Waals surface area contributed by atoms with Gasteiger partial charge in [-0.3, -0.25) is 0 Å². The first kappa shape index (κ1) is 12.5. The van der Waals surface area contributed by atoms with E-state index in [1.54, 1.807) is 0 Å². The van der Waals surface area contributed by atoms with E-state index in [1.807, 2.05) is 37.3 Å². The molecular formula is C18H16N2. The predicted octanol–water partition coefficient (Wildman–Crippen LogP) is 4.43. The van der Waals surface area contributed by atoms with E-state index in [9.17, 15) is 0 Å². The van der Waals surface area contributed by atoms with E-state index >= 15 is 0 Å². The largest absolute Gasteiger partial charge is 0.233 e. The van der Waals surface area contributed by atoms with E-state index in [1.165, 1.54) is 5.56 Å². The zero-order chi connectivity index (χ0) is 13.9. The van der Waals surface area contributed by atoms with Crippen LogP contribution in [0, 0.1) is 13.8 Å². The van der Waals surface area contributed by atoms with Crippen molar-refractivity contribution in [2.75, 3.05) is 0 Å². The maximum atomic E-state index is 4.70. The molecule has 0 aliphatic heterocycles. The second-order valence-electron chi connectivity index (χ2n) is 4.95. The summed E-state index contributed by atoms with van der Waals surface area (Å²) >= 11 is 0. The van der Waals surface area contributed by atoms with E-state index in [4.69, 9.17) is 4.98 Å². The molecule has 2 heteroatoms. The highest BCUT2D eigenvalue weighted by atomic mass is 14.9. The first-order chi connectivity index (χ1) is 9.72. The van der Waals surface area contributed by atoms with Crippen molar-refractivity contribution < 1.29 is 0 Å². The van der Waals surface area contributed by atoms with Crippen molar-refractivity contribution in [1.82, 2.24) is 9.97 Å². The summed E-state index contributed by atoms with van der Waals surface area (Å²) in [5.74, 6) is 0.785. The second kappa shape index (κ2) is 5.25. The van der Waals surface area contributed by atoms with Gasteiger partial charge in [-0.1, -0.05) is 54.1 Å². The summed E-state index contributed by atoms with van der Waals surface area (Å²) in [6, 6.07) is 20.5. The predicted molar refractivity (Wildman–Crippen MR) is 82.4 cm³/mol. The average Bonchev–Trinajstić information content (AvgIpc) is 2.47. The Balaban J connectivity index is 2.12. The highest BCUT2D eigenvalue weighted by molar-refractivity contribution is 5.64. The molecule has 0 fully saturated rings. The molecule has 1 heterocycles. The van der Waals surface area contributed by atoms with Crippen LogP contribution in [0.3, 0.4) is 0 Å². The standard InChI is InChI=1S/C18H16N2/c1-13-7-6-10-16(11-13)18-19-14(2)12-17(20-18)15-8-4-3-5-9-15/h3-12H,1-2H3. The molecule has 2 aromatic carbocycles. The molecule has 3 rings (SSSR count). The number of benzene rings is 2. The second-order valence-corrected chi connectivity index (χ2v) is 4.95. The van der Waals surface area contributed by atoms with Crippen molar-refractivity contribution in [2.45, 2.75) is 13.8 Å². The van der Waals surface area contributed by atoms with Gasteiger partial charge in [-0.25, -0.2) is 9.97 Å². The summed E-state index contributed by atoms with van der Waals surface area (Å²) in [7, 11) is 0. The van der Waals surface area contributed by atoms with Crippen molar-refractivity contribution in [3.05, 3.63) is 71.9 Å². The van der Waals surface area contributed by atoms with E-state index in [0.29, 0.717) is 0 Å². The Morgan fingerprint density at radius 3 is 2.20 bits per heavy atom. The fourth-order valence-electron chi connectivity index (χ4n) is 2.24. The normalized spacial score (nSPS) is 10.5. The minimum atomic E-state index is 0.785. The SMILES string of the molecule is Cc1cccc(-c2nc(C)cc(-c3ccccc3)n2)c1. The van der Waals surface area contributed by atoms with Crippen molar-refractivity contribution in [3.8, 4) is 22.6 Å². The van der Waals surface area contributed by atoms with Crippen LogP contribution in [-0.2, 0) is 0 Å². The maximum absolute atomic E-state index is 4.70. The number of hydrogen-bond acceptors (Lipinski definition) is 2. The lowest BCUT2D eigenvalue weighted by atomic mass is 10.1. The van der Waals surface area contributed by atoms with Gasteiger partial charge in [-0.15, -0.1) is 0 Å². The highest BCUT2D eigenvalue weighted by Crippen LogP contribution is 2.22. The van der Waals surface area contributed by atoms with Gasteiger partial charge in [-0.2, -0.15) is 0 Å². The molecule has 0 radical (unpaired) electrons. The Morgan fingerprint density at radius 1 is 0.700 bits per heavy atom. The summed E-state index contributed by atoms with van der Waals surface area (Å²) < 4.78 is 0. The lowest BCUT2D eigenvalue weighted by Gasteiger charge is -2.07. The van der Waals surface area contributed by atoms with Crippen LogP contribution in [0.2, 0.25) is 0 Å². The summed E-state index contributed by atoms with van der Waals surface area (Å²) in [5.41, 5.74) is 5.34. The van der Waals surface area contributed by atoms with Gasteiger partial charge in [0.1, 0.15) is 0 Å². The minimum absolute atomic E-state index is 0.785. The van der Waals surface area contributed by atoms with Gasteiger partial charge in [0.15, 0.2) is 5.82 Å². The lowest BCUT2D eigenvalue weighted by molar-refractivity contribution is 1.11. The molecule has 0 saturated carbocycles. The van der Waals surface area contributed by atoms with E-state index < -0.39 is 0 Å². The molecule has 0 unspecified atom stereocenters. The topological polar surface area (TPSA) is 25.8 Å². The van der Waals surface area contributed by atoms with E-state index in [-0.39, 0.29) is 0 Å². The van der Waals surface area contributed by atoms with Crippen LogP contribution >= 0.6 is 0 Å². The smallest absolute Gasteiger partial charge is 0.160 e. The Hall–Kier alpha value is -2.48. The summed E-state index contributed by atoms with van der Waals surface area (Å²) in [6.45, 7) is 4.09. The molecule has 0 atom stereocenters. The molecule has 0 spiro atoms. The highest BCUT2D eigenvalue weighted by Gasteiger charge is 2.06. The fourth-order valence-corrected chi connectivity index (χ4v) is 2.24. The molecule has 98 valence electrons. The molecule has 0 saturated heterocycles. The number of aryl methyl sites for hydroxylation is 2. The zero-order valence-electron chi connectivity index (χ0n) is 11.7. The first-order valence-electron chi connectivity index (χ1n) is 6.70. The quantitative estimate of drug-likeness (QED) is 0.681. The van der Waals surface area contributed by atoms with Crippen molar-refractivity contribution in [3.63, 3.8) is 0 Å². The Bertz CT molecular complexity index is 733. The molecule has 0 aliphatic rings. The van der Waals surface area contributed by atoms with E-state index in [2.05, 4.69) is 42.2 Å². The molecule has 1 aromatic heterocycles.